The standard InChI is InChI=1S/C24H28N4O2/c1-4-16(2)18-9-5-7-11-20(18)28-15-17(13-23(28)29)24(30)25-14-22-26-19-10-6-8-12-21(19)27(22)3/h5-12,16-17H,4,13-15H2,1-3H3,(H,25,30). The molecule has 1 aliphatic heterocycles. The van der Waals surface area contributed by atoms with Crippen LogP contribution in [0.25, 0.3) is 11.0 Å². The Kier molecular flexibility index (Phi) is 5.57. The highest BCUT2D eigenvalue weighted by Gasteiger charge is 2.36. The quantitative estimate of drug-likeness (QED) is 0.680. The highest BCUT2D eigenvalue weighted by molar-refractivity contribution is 6.00. The van der Waals surface area contributed by atoms with Crippen molar-refractivity contribution in [2.24, 2.45) is 13.0 Å². The van der Waals surface area contributed by atoms with Crippen molar-refractivity contribution >= 4 is 28.5 Å². The zero-order chi connectivity index (χ0) is 21.3. The lowest BCUT2D eigenvalue weighted by molar-refractivity contribution is -0.126. The molecular weight excluding hydrogens is 376 g/mol. The first-order chi connectivity index (χ1) is 14.5. The molecule has 0 spiro atoms. The molecule has 156 valence electrons. The third-order valence-corrected chi connectivity index (χ3v) is 6.17. The van der Waals surface area contributed by atoms with Crippen molar-refractivity contribution in [1.82, 2.24) is 14.9 Å². The third kappa shape index (κ3) is 3.70. The van der Waals surface area contributed by atoms with Gasteiger partial charge < -0.3 is 14.8 Å². The van der Waals surface area contributed by atoms with Crippen molar-refractivity contribution in [2.45, 2.75) is 39.2 Å². The van der Waals surface area contributed by atoms with E-state index in [0.29, 0.717) is 19.0 Å². The van der Waals surface area contributed by atoms with Gasteiger partial charge in [-0.3, -0.25) is 9.59 Å². The molecule has 2 atom stereocenters. The molecule has 1 N–H and O–H groups in total. The van der Waals surface area contributed by atoms with Crippen LogP contribution < -0.4 is 10.2 Å². The van der Waals surface area contributed by atoms with E-state index in [1.54, 1.807) is 4.90 Å². The van der Waals surface area contributed by atoms with Crippen molar-refractivity contribution in [1.29, 1.82) is 0 Å². The predicted molar refractivity (Wildman–Crippen MR) is 118 cm³/mol. The smallest absolute Gasteiger partial charge is 0.227 e. The lowest BCUT2D eigenvalue weighted by Gasteiger charge is -2.23. The van der Waals surface area contributed by atoms with Crippen LogP contribution in [0.1, 0.15) is 44.0 Å². The highest BCUT2D eigenvalue weighted by Crippen LogP contribution is 2.33. The number of fused-ring (bicyclic) bond motifs is 1. The molecule has 1 fully saturated rings. The number of amides is 2. The van der Waals surface area contributed by atoms with Crippen LogP contribution in [-0.2, 0) is 23.2 Å². The average Bonchev–Trinajstić information content (AvgIpc) is 3.31. The zero-order valence-corrected chi connectivity index (χ0v) is 17.8. The van der Waals surface area contributed by atoms with Gasteiger partial charge in [0.2, 0.25) is 11.8 Å². The Morgan fingerprint density at radius 1 is 1.20 bits per heavy atom. The number of benzene rings is 2. The number of rotatable bonds is 6. The number of anilines is 1. The molecule has 1 aliphatic rings. The zero-order valence-electron chi connectivity index (χ0n) is 17.8. The van der Waals surface area contributed by atoms with Gasteiger partial charge in [0.25, 0.3) is 0 Å². The maximum Gasteiger partial charge on any atom is 0.227 e. The largest absolute Gasteiger partial charge is 0.349 e. The Hall–Kier alpha value is -3.15. The summed E-state index contributed by atoms with van der Waals surface area (Å²) in [6, 6.07) is 15.9. The number of hydrogen-bond donors (Lipinski definition) is 1. The normalized spacial score (nSPS) is 17.5. The van der Waals surface area contributed by atoms with Gasteiger partial charge >= 0.3 is 0 Å². The first-order valence-corrected chi connectivity index (χ1v) is 10.6. The van der Waals surface area contributed by atoms with E-state index in [1.807, 2.05) is 54.1 Å². The van der Waals surface area contributed by atoms with Crippen molar-refractivity contribution in [3.8, 4) is 0 Å². The number of carbonyl (C=O) groups excluding carboxylic acids is 2. The molecule has 0 radical (unpaired) electrons. The molecule has 6 heteroatoms. The summed E-state index contributed by atoms with van der Waals surface area (Å²) in [4.78, 5) is 31.9. The molecule has 2 heterocycles. The Balaban J connectivity index is 1.45. The van der Waals surface area contributed by atoms with Crippen LogP contribution in [-0.4, -0.2) is 27.9 Å². The molecule has 4 rings (SSSR count). The molecule has 0 aliphatic carbocycles. The first-order valence-electron chi connectivity index (χ1n) is 10.6. The minimum atomic E-state index is -0.350. The minimum Gasteiger partial charge on any atom is -0.349 e. The molecular formula is C24H28N4O2. The Bertz CT molecular complexity index is 1090. The fourth-order valence-corrected chi connectivity index (χ4v) is 4.15. The summed E-state index contributed by atoms with van der Waals surface area (Å²) < 4.78 is 1.99. The van der Waals surface area contributed by atoms with Gasteiger partial charge in [-0.25, -0.2) is 4.98 Å². The maximum atomic E-state index is 12.8. The summed E-state index contributed by atoms with van der Waals surface area (Å²) in [5.74, 6) is 0.719. The van der Waals surface area contributed by atoms with E-state index >= 15 is 0 Å². The van der Waals surface area contributed by atoms with Gasteiger partial charge in [0.05, 0.1) is 23.5 Å². The first kappa shape index (κ1) is 20.1. The Morgan fingerprint density at radius 3 is 2.70 bits per heavy atom. The molecule has 1 saturated heterocycles. The minimum absolute atomic E-state index is 0.00799. The second-order valence-electron chi connectivity index (χ2n) is 8.07. The van der Waals surface area contributed by atoms with Crippen LogP contribution in [0.4, 0.5) is 5.69 Å². The summed E-state index contributed by atoms with van der Waals surface area (Å²) >= 11 is 0. The molecule has 6 nitrogen and oxygen atoms in total. The molecule has 30 heavy (non-hydrogen) atoms. The second-order valence-corrected chi connectivity index (χ2v) is 8.07. The van der Waals surface area contributed by atoms with Crippen LogP contribution in [0.5, 0.6) is 0 Å². The van der Waals surface area contributed by atoms with Gasteiger partial charge in [0, 0.05) is 25.7 Å². The molecule has 0 saturated carbocycles. The van der Waals surface area contributed by atoms with Crippen molar-refractivity contribution in [3.05, 3.63) is 59.9 Å². The van der Waals surface area contributed by atoms with Gasteiger partial charge in [-0.2, -0.15) is 0 Å². The number of para-hydroxylation sites is 3. The van der Waals surface area contributed by atoms with Crippen LogP contribution >= 0.6 is 0 Å². The van der Waals surface area contributed by atoms with E-state index in [0.717, 1.165) is 34.5 Å². The second kappa shape index (κ2) is 8.30. The van der Waals surface area contributed by atoms with Crippen molar-refractivity contribution in [3.63, 3.8) is 0 Å². The SMILES string of the molecule is CCC(C)c1ccccc1N1CC(C(=O)NCc2nc3ccccc3n2C)CC1=O. The van der Waals surface area contributed by atoms with Crippen molar-refractivity contribution in [2.75, 3.05) is 11.4 Å². The highest BCUT2D eigenvalue weighted by atomic mass is 16.2. The fraction of sp³-hybridized carbons (Fsp3) is 0.375. The van der Waals surface area contributed by atoms with Gasteiger partial charge in [0.1, 0.15) is 5.82 Å². The maximum absolute atomic E-state index is 12.8. The van der Waals surface area contributed by atoms with Crippen LogP contribution in [0.15, 0.2) is 48.5 Å². The number of carbonyl (C=O) groups is 2. The molecule has 1 aromatic heterocycles. The van der Waals surface area contributed by atoms with Gasteiger partial charge in [-0.15, -0.1) is 0 Å². The fourth-order valence-electron chi connectivity index (χ4n) is 4.15. The van der Waals surface area contributed by atoms with E-state index in [2.05, 4.69) is 30.2 Å². The summed E-state index contributed by atoms with van der Waals surface area (Å²) in [6.07, 6.45) is 1.24. The summed E-state index contributed by atoms with van der Waals surface area (Å²) in [5.41, 5.74) is 4.04. The lowest BCUT2D eigenvalue weighted by Crippen LogP contribution is -2.33. The molecule has 3 aromatic rings. The lowest BCUT2D eigenvalue weighted by atomic mass is 9.96. The Labute approximate surface area is 176 Å². The molecule has 2 amide bonds. The van der Waals surface area contributed by atoms with Gasteiger partial charge in [0.15, 0.2) is 0 Å². The number of hydrogen-bond acceptors (Lipinski definition) is 3. The van der Waals surface area contributed by atoms with E-state index in [4.69, 9.17) is 0 Å². The summed E-state index contributed by atoms with van der Waals surface area (Å²) in [7, 11) is 1.95. The van der Waals surface area contributed by atoms with Crippen LogP contribution in [0, 0.1) is 5.92 Å². The predicted octanol–water partition coefficient (Wildman–Crippen LogP) is 3.76. The van der Waals surface area contributed by atoms with E-state index in [1.165, 1.54) is 0 Å². The summed E-state index contributed by atoms with van der Waals surface area (Å²) in [6.45, 7) is 5.07. The topological polar surface area (TPSA) is 67.2 Å². The summed E-state index contributed by atoms with van der Waals surface area (Å²) in [5, 5.41) is 2.98. The number of imidazole rings is 1. The monoisotopic (exact) mass is 404 g/mol. The third-order valence-electron chi connectivity index (χ3n) is 6.17. The van der Waals surface area contributed by atoms with Gasteiger partial charge in [-0.05, 0) is 36.1 Å². The molecule has 0 bridgehead atoms. The van der Waals surface area contributed by atoms with E-state index in [-0.39, 0.29) is 24.2 Å². The van der Waals surface area contributed by atoms with Crippen molar-refractivity contribution < 1.29 is 9.59 Å². The van der Waals surface area contributed by atoms with E-state index in [9.17, 15) is 9.59 Å². The van der Waals surface area contributed by atoms with Gasteiger partial charge in [-0.1, -0.05) is 44.2 Å². The molecule has 2 unspecified atom stereocenters. The Morgan fingerprint density at radius 2 is 1.93 bits per heavy atom. The average molecular weight is 405 g/mol. The number of nitrogens with zero attached hydrogens (tertiary/aromatic N) is 3. The van der Waals surface area contributed by atoms with Crippen LogP contribution in [0.3, 0.4) is 0 Å². The number of aryl methyl sites for hydroxylation is 1. The van der Waals surface area contributed by atoms with Crippen LogP contribution in [0.2, 0.25) is 0 Å². The number of nitrogens with one attached hydrogen (secondary N) is 1. The number of aromatic nitrogens is 2. The molecule has 2 aromatic carbocycles. The van der Waals surface area contributed by atoms with E-state index < -0.39 is 0 Å².